The van der Waals surface area contributed by atoms with Gasteiger partial charge in [0.2, 0.25) is 10.0 Å². The number of imidazole rings is 1. The number of ether oxygens (including phenoxy) is 1. The molecule has 0 unspecified atom stereocenters. The van der Waals surface area contributed by atoms with Crippen LogP contribution < -0.4 is 4.72 Å². The van der Waals surface area contributed by atoms with Crippen molar-refractivity contribution in [2.24, 2.45) is 0 Å². The molecule has 3 aromatic rings. The standard InChI is InChI=1S/C16H15F2N3O4S2/c1-9(14-19-10-5-3-4-6-11(10)21(14)16(17)18)20-27(23,24)12-7-8-26-13(12)15(22)25-2/h3-9,16,20H,1-2H3/t9-/m1/s1. The second-order valence-electron chi connectivity index (χ2n) is 5.55. The van der Waals surface area contributed by atoms with E-state index in [0.29, 0.717) is 10.1 Å². The first-order chi connectivity index (χ1) is 12.8. The number of hydrogen-bond acceptors (Lipinski definition) is 6. The summed E-state index contributed by atoms with van der Waals surface area (Å²) in [6.07, 6.45) is 0. The monoisotopic (exact) mass is 415 g/mol. The molecule has 0 saturated heterocycles. The lowest BCUT2D eigenvalue weighted by Crippen LogP contribution is -2.29. The molecule has 1 atom stereocenters. The Kier molecular flexibility index (Phi) is 5.27. The van der Waals surface area contributed by atoms with E-state index in [0.717, 1.165) is 18.4 Å². The van der Waals surface area contributed by atoms with E-state index in [1.54, 1.807) is 18.2 Å². The van der Waals surface area contributed by atoms with E-state index >= 15 is 0 Å². The van der Waals surface area contributed by atoms with Gasteiger partial charge < -0.3 is 4.74 Å². The minimum atomic E-state index is -4.17. The Morgan fingerprint density at radius 2 is 2.00 bits per heavy atom. The number of methoxy groups -OCH3 is 1. The van der Waals surface area contributed by atoms with Crippen LogP contribution in [0.3, 0.4) is 0 Å². The van der Waals surface area contributed by atoms with Crippen LogP contribution in [0.4, 0.5) is 8.78 Å². The highest BCUT2D eigenvalue weighted by molar-refractivity contribution is 7.89. The number of benzene rings is 1. The van der Waals surface area contributed by atoms with E-state index in [1.807, 2.05) is 0 Å². The maximum Gasteiger partial charge on any atom is 0.349 e. The molecule has 0 amide bonds. The van der Waals surface area contributed by atoms with Crippen molar-refractivity contribution in [3.8, 4) is 0 Å². The average Bonchev–Trinajstić information content (AvgIpc) is 3.25. The third-order valence-electron chi connectivity index (χ3n) is 3.83. The van der Waals surface area contributed by atoms with E-state index in [9.17, 15) is 22.0 Å². The van der Waals surface area contributed by atoms with Crippen molar-refractivity contribution in [1.29, 1.82) is 0 Å². The quantitative estimate of drug-likeness (QED) is 0.624. The summed E-state index contributed by atoms with van der Waals surface area (Å²) in [5.41, 5.74) is 0.518. The van der Waals surface area contributed by atoms with Crippen molar-refractivity contribution in [3.05, 3.63) is 46.4 Å². The fourth-order valence-electron chi connectivity index (χ4n) is 2.67. The maximum atomic E-state index is 13.6. The lowest BCUT2D eigenvalue weighted by molar-refractivity contribution is 0.0602. The van der Waals surface area contributed by atoms with Crippen LogP contribution >= 0.6 is 11.3 Å². The van der Waals surface area contributed by atoms with E-state index < -0.39 is 28.6 Å². The van der Waals surface area contributed by atoms with Crippen LogP contribution in [0.15, 0.2) is 40.6 Å². The Morgan fingerprint density at radius 1 is 1.30 bits per heavy atom. The number of aromatic nitrogens is 2. The maximum absolute atomic E-state index is 13.6. The largest absolute Gasteiger partial charge is 0.465 e. The fourth-order valence-corrected chi connectivity index (χ4v) is 5.21. The van der Waals surface area contributed by atoms with Crippen molar-refractivity contribution in [2.75, 3.05) is 7.11 Å². The van der Waals surface area contributed by atoms with Gasteiger partial charge in [-0.15, -0.1) is 11.3 Å². The molecule has 0 aliphatic rings. The van der Waals surface area contributed by atoms with Crippen molar-refractivity contribution < 1.29 is 26.7 Å². The zero-order chi connectivity index (χ0) is 19.8. The molecule has 11 heteroatoms. The number of nitrogens with one attached hydrogen (secondary N) is 1. The van der Waals surface area contributed by atoms with Crippen molar-refractivity contribution in [3.63, 3.8) is 0 Å². The Bertz CT molecular complexity index is 1090. The van der Waals surface area contributed by atoms with Gasteiger partial charge >= 0.3 is 12.5 Å². The summed E-state index contributed by atoms with van der Waals surface area (Å²) in [6, 6.07) is 6.47. The molecule has 0 saturated carbocycles. The summed E-state index contributed by atoms with van der Waals surface area (Å²) in [5, 5.41) is 1.43. The number of halogens is 2. The Hall–Kier alpha value is -2.37. The molecule has 0 aliphatic carbocycles. The number of carbonyl (C=O) groups is 1. The van der Waals surface area contributed by atoms with Crippen LogP contribution in [0.1, 0.15) is 35.0 Å². The number of rotatable bonds is 6. The molecule has 0 spiro atoms. The molecule has 2 aromatic heterocycles. The van der Waals surface area contributed by atoms with E-state index in [1.165, 1.54) is 24.4 Å². The molecule has 7 nitrogen and oxygen atoms in total. The summed E-state index contributed by atoms with van der Waals surface area (Å²) in [7, 11) is -3.03. The molecule has 0 aliphatic heterocycles. The van der Waals surface area contributed by atoms with Gasteiger partial charge in [0.05, 0.1) is 24.2 Å². The van der Waals surface area contributed by atoms with Crippen LogP contribution in [-0.4, -0.2) is 31.0 Å². The lowest BCUT2D eigenvalue weighted by Gasteiger charge is -2.16. The number of nitrogens with zero attached hydrogens (tertiary/aromatic N) is 2. The minimum absolute atomic E-state index is 0.0976. The van der Waals surface area contributed by atoms with Crippen LogP contribution in [0.2, 0.25) is 0 Å². The topological polar surface area (TPSA) is 90.3 Å². The summed E-state index contributed by atoms with van der Waals surface area (Å²) in [6.45, 7) is -1.49. The van der Waals surface area contributed by atoms with Gasteiger partial charge in [-0.05, 0) is 30.5 Å². The normalized spacial score (nSPS) is 13.2. The average molecular weight is 415 g/mol. The fraction of sp³-hybridized carbons (Fsp3) is 0.250. The number of hydrogen-bond donors (Lipinski definition) is 1. The highest BCUT2D eigenvalue weighted by Crippen LogP contribution is 2.29. The summed E-state index contributed by atoms with van der Waals surface area (Å²) >= 11 is 0.909. The number of sulfonamides is 1. The van der Waals surface area contributed by atoms with Gasteiger partial charge in [-0.3, -0.25) is 4.57 Å². The molecule has 0 bridgehead atoms. The second-order valence-corrected chi connectivity index (χ2v) is 8.15. The number of carbonyl (C=O) groups excluding carboxylic acids is 1. The van der Waals surface area contributed by atoms with Crippen LogP contribution in [0, 0.1) is 0 Å². The first-order valence-corrected chi connectivity index (χ1v) is 10.1. The predicted octanol–water partition coefficient (Wildman–Crippen LogP) is 3.32. The smallest absolute Gasteiger partial charge is 0.349 e. The van der Waals surface area contributed by atoms with Crippen molar-refractivity contribution in [2.45, 2.75) is 24.4 Å². The summed E-state index contributed by atoms with van der Waals surface area (Å²) in [4.78, 5) is 15.5. The van der Waals surface area contributed by atoms with Gasteiger partial charge in [0.25, 0.3) is 0 Å². The Balaban J connectivity index is 1.99. The zero-order valence-corrected chi connectivity index (χ0v) is 15.9. The molecule has 0 radical (unpaired) electrons. The Labute approximate surface area is 157 Å². The first-order valence-electron chi connectivity index (χ1n) is 7.69. The van der Waals surface area contributed by atoms with Gasteiger partial charge in [0.1, 0.15) is 15.6 Å². The van der Waals surface area contributed by atoms with Gasteiger partial charge in [-0.1, -0.05) is 12.1 Å². The SMILES string of the molecule is COC(=O)c1sccc1S(=O)(=O)N[C@H](C)c1nc2ccccc2n1C(F)F. The number of esters is 1. The number of fused-ring (bicyclic) bond motifs is 1. The molecule has 3 rings (SSSR count). The number of alkyl halides is 2. The van der Waals surface area contributed by atoms with Gasteiger partial charge in [-0.25, -0.2) is 22.9 Å². The van der Waals surface area contributed by atoms with Crippen LogP contribution in [0.25, 0.3) is 11.0 Å². The van der Waals surface area contributed by atoms with Gasteiger partial charge in [-0.2, -0.15) is 8.78 Å². The van der Waals surface area contributed by atoms with Gasteiger partial charge in [0.15, 0.2) is 0 Å². The molecule has 2 heterocycles. The van der Waals surface area contributed by atoms with E-state index in [4.69, 9.17) is 0 Å². The molecule has 27 heavy (non-hydrogen) atoms. The van der Waals surface area contributed by atoms with E-state index in [2.05, 4.69) is 14.4 Å². The number of thiophene rings is 1. The molecule has 1 N–H and O–H groups in total. The highest BCUT2D eigenvalue weighted by Gasteiger charge is 2.29. The third-order valence-corrected chi connectivity index (χ3v) is 6.43. The molecular formula is C16H15F2N3O4S2. The summed E-state index contributed by atoms with van der Waals surface area (Å²) in [5.74, 6) is -0.928. The molecule has 144 valence electrons. The van der Waals surface area contributed by atoms with E-state index in [-0.39, 0.29) is 21.1 Å². The second kappa shape index (κ2) is 7.33. The Morgan fingerprint density at radius 3 is 2.67 bits per heavy atom. The lowest BCUT2D eigenvalue weighted by atomic mass is 10.3. The summed E-state index contributed by atoms with van der Waals surface area (Å²) < 4.78 is 60.0. The van der Waals surface area contributed by atoms with Crippen LogP contribution in [0.5, 0.6) is 0 Å². The first kappa shape index (κ1) is 19.4. The van der Waals surface area contributed by atoms with Crippen molar-refractivity contribution in [1.82, 2.24) is 14.3 Å². The van der Waals surface area contributed by atoms with Gasteiger partial charge in [0, 0.05) is 0 Å². The van der Waals surface area contributed by atoms with Crippen LogP contribution in [-0.2, 0) is 14.8 Å². The number of para-hydroxylation sites is 2. The zero-order valence-electron chi connectivity index (χ0n) is 14.2. The highest BCUT2D eigenvalue weighted by atomic mass is 32.2. The predicted molar refractivity (Wildman–Crippen MR) is 95.4 cm³/mol. The minimum Gasteiger partial charge on any atom is -0.465 e. The molecule has 1 aromatic carbocycles. The third kappa shape index (κ3) is 3.57. The molecule has 0 fully saturated rings. The van der Waals surface area contributed by atoms with Crippen molar-refractivity contribution >= 4 is 38.4 Å². The molecular weight excluding hydrogens is 400 g/mol.